The second-order valence-electron chi connectivity index (χ2n) is 3.28. The van der Waals surface area contributed by atoms with Crippen molar-refractivity contribution in [2.75, 3.05) is 11.5 Å². The van der Waals surface area contributed by atoms with E-state index in [9.17, 15) is 4.79 Å². The number of esters is 1. The van der Waals surface area contributed by atoms with Crippen LogP contribution in [0.25, 0.3) is 0 Å². The predicted molar refractivity (Wildman–Crippen MR) is 52.0 cm³/mol. The molecule has 0 saturated carbocycles. The van der Waals surface area contributed by atoms with Crippen LogP contribution in [0.4, 0.5) is 0 Å². The Morgan fingerprint density at radius 3 is 2.58 bits per heavy atom. The molecule has 0 aromatic carbocycles. The van der Waals surface area contributed by atoms with Gasteiger partial charge >= 0.3 is 5.97 Å². The number of thioether (sulfide) groups is 1. The van der Waals surface area contributed by atoms with Crippen LogP contribution in [-0.4, -0.2) is 23.1 Å². The summed E-state index contributed by atoms with van der Waals surface area (Å²) < 4.78 is 5.06. The van der Waals surface area contributed by atoms with Crippen LogP contribution in [-0.2, 0) is 9.53 Å². The van der Waals surface area contributed by atoms with Crippen LogP contribution in [0.5, 0.6) is 0 Å². The quantitative estimate of drug-likeness (QED) is 0.381. The molecule has 0 aliphatic heterocycles. The summed E-state index contributed by atoms with van der Waals surface area (Å²) >= 11 is 1.39. The number of rotatable bonds is 3. The topological polar surface area (TPSA) is 26.3 Å². The fourth-order valence-corrected chi connectivity index (χ4v) is 1.01. The summed E-state index contributed by atoms with van der Waals surface area (Å²) in [6, 6.07) is 0. The first-order valence-electron chi connectivity index (χ1n) is 3.69. The number of hydrogen-bond acceptors (Lipinski definition) is 3. The van der Waals surface area contributed by atoms with E-state index in [1.165, 1.54) is 11.8 Å². The minimum Gasteiger partial charge on any atom is -0.459 e. The maximum Gasteiger partial charge on any atom is 0.316 e. The largest absolute Gasteiger partial charge is 0.459 e. The van der Waals surface area contributed by atoms with Gasteiger partial charge in [-0.3, -0.25) is 4.79 Å². The van der Waals surface area contributed by atoms with Crippen molar-refractivity contribution >= 4 is 17.7 Å². The highest BCUT2D eigenvalue weighted by Gasteiger charge is 2.15. The van der Waals surface area contributed by atoms with Crippen LogP contribution in [0.15, 0.2) is 0 Å². The Morgan fingerprint density at radius 1 is 1.58 bits per heavy atom. The summed E-state index contributed by atoms with van der Waals surface area (Å²) in [5, 5.41) is 0. The van der Waals surface area contributed by atoms with Gasteiger partial charge in [-0.2, -0.15) is 0 Å². The molecule has 0 radical (unpaired) electrons. The van der Waals surface area contributed by atoms with E-state index in [1.54, 1.807) is 0 Å². The van der Waals surface area contributed by atoms with Crippen molar-refractivity contribution in [3.8, 4) is 12.3 Å². The van der Waals surface area contributed by atoms with Gasteiger partial charge in [0.2, 0.25) is 0 Å². The standard InChI is InChI=1S/C9H14O2S/c1-5-6-12-7-8(10)11-9(2,3)4/h1H,6-7H2,2-4H3. The van der Waals surface area contributed by atoms with Crippen LogP contribution >= 0.6 is 11.8 Å². The number of hydrogen-bond donors (Lipinski definition) is 0. The second kappa shape index (κ2) is 5.10. The molecule has 0 amide bonds. The third-order valence-electron chi connectivity index (χ3n) is 0.825. The van der Waals surface area contributed by atoms with E-state index in [2.05, 4.69) is 5.92 Å². The molecule has 0 aliphatic rings. The van der Waals surface area contributed by atoms with Crippen LogP contribution in [0.3, 0.4) is 0 Å². The van der Waals surface area contributed by atoms with Gasteiger partial charge in [0.1, 0.15) is 5.60 Å². The van der Waals surface area contributed by atoms with Crippen LogP contribution in [0, 0.1) is 12.3 Å². The monoisotopic (exact) mass is 186 g/mol. The lowest BCUT2D eigenvalue weighted by molar-refractivity contribution is -0.151. The molecular formula is C9H14O2S. The highest BCUT2D eigenvalue weighted by atomic mass is 32.2. The molecule has 0 spiro atoms. The second-order valence-corrected chi connectivity index (χ2v) is 4.27. The minimum atomic E-state index is -0.395. The molecule has 0 aromatic rings. The fraction of sp³-hybridized carbons (Fsp3) is 0.667. The third kappa shape index (κ3) is 7.49. The molecule has 0 N–H and O–H groups in total. The van der Waals surface area contributed by atoms with Gasteiger partial charge in [-0.05, 0) is 20.8 Å². The minimum absolute atomic E-state index is 0.206. The molecular weight excluding hydrogens is 172 g/mol. The predicted octanol–water partition coefficient (Wildman–Crippen LogP) is 1.69. The lowest BCUT2D eigenvalue weighted by Gasteiger charge is -2.18. The molecule has 0 heterocycles. The Labute approximate surface area is 78.1 Å². The Balaban J connectivity index is 3.56. The number of carbonyl (C=O) groups excluding carboxylic acids is 1. The van der Waals surface area contributed by atoms with E-state index in [0.717, 1.165) is 0 Å². The Hall–Kier alpha value is -0.620. The molecule has 0 aromatic heterocycles. The first-order valence-corrected chi connectivity index (χ1v) is 4.84. The highest BCUT2D eigenvalue weighted by molar-refractivity contribution is 8.00. The molecule has 12 heavy (non-hydrogen) atoms. The summed E-state index contributed by atoms with van der Waals surface area (Å²) in [6.07, 6.45) is 5.02. The van der Waals surface area contributed by atoms with Gasteiger partial charge in [-0.25, -0.2) is 0 Å². The molecule has 0 rings (SSSR count). The van der Waals surface area contributed by atoms with E-state index >= 15 is 0 Å². The smallest absolute Gasteiger partial charge is 0.316 e. The van der Waals surface area contributed by atoms with Crippen molar-refractivity contribution < 1.29 is 9.53 Å². The lowest BCUT2D eigenvalue weighted by atomic mass is 10.2. The maximum atomic E-state index is 11.0. The molecule has 68 valence electrons. The van der Waals surface area contributed by atoms with E-state index in [1.807, 2.05) is 20.8 Å². The van der Waals surface area contributed by atoms with Crippen molar-refractivity contribution in [1.82, 2.24) is 0 Å². The van der Waals surface area contributed by atoms with Crippen LogP contribution < -0.4 is 0 Å². The van der Waals surface area contributed by atoms with Gasteiger partial charge in [-0.15, -0.1) is 18.2 Å². The summed E-state index contributed by atoms with van der Waals surface area (Å²) in [5.74, 6) is 3.12. The third-order valence-corrected chi connectivity index (χ3v) is 1.64. The van der Waals surface area contributed by atoms with Crippen LogP contribution in [0.1, 0.15) is 20.8 Å². The highest BCUT2D eigenvalue weighted by Crippen LogP contribution is 2.09. The molecule has 0 saturated heterocycles. The summed E-state index contributed by atoms with van der Waals surface area (Å²) in [5.41, 5.74) is -0.395. The molecule has 0 unspecified atom stereocenters. The van der Waals surface area contributed by atoms with Gasteiger partial charge in [0.25, 0.3) is 0 Å². The molecule has 0 atom stereocenters. The average molecular weight is 186 g/mol. The van der Waals surface area contributed by atoms with E-state index in [-0.39, 0.29) is 5.97 Å². The number of terminal acetylenes is 1. The SMILES string of the molecule is C#CCSCC(=O)OC(C)(C)C. The van der Waals surface area contributed by atoms with Gasteiger partial charge in [-0.1, -0.05) is 5.92 Å². The Morgan fingerprint density at radius 2 is 2.17 bits per heavy atom. The van der Waals surface area contributed by atoms with E-state index in [4.69, 9.17) is 11.2 Å². The first kappa shape index (κ1) is 11.4. The summed E-state index contributed by atoms with van der Waals surface area (Å²) in [7, 11) is 0. The number of ether oxygens (including phenoxy) is 1. The average Bonchev–Trinajstić information content (AvgIpc) is 1.84. The first-order chi connectivity index (χ1) is 5.45. The van der Waals surface area contributed by atoms with Crippen molar-refractivity contribution in [1.29, 1.82) is 0 Å². The Kier molecular flexibility index (Phi) is 4.84. The van der Waals surface area contributed by atoms with Crippen molar-refractivity contribution in [2.45, 2.75) is 26.4 Å². The molecule has 0 aliphatic carbocycles. The van der Waals surface area contributed by atoms with E-state index < -0.39 is 5.60 Å². The lowest BCUT2D eigenvalue weighted by Crippen LogP contribution is -2.24. The van der Waals surface area contributed by atoms with Gasteiger partial charge in [0, 0.05) is 0 Å². The zero-order chi connectivity index (χ0) is 9.61. The molecule has 2 nitrogen and oxygen atoms in total. The van der Waals surface area contributed by atoms with Crippen LogP contribution in [0.2, 0.25) is 0 Å². The molecule has 0 bridgehead atoms. The molecule has 0 fully saturated rings. The zero-order valence-corrected chi connectivity index (χ0v) is 8.53. The van der Waals surface area contributed by atoms with Gasteiger partial charge in [0.15, 0.2) is 0 Å². The Bertz CT molecular complexity index is 186. The molecule has 3 heteroatoms. The summed E-state index contributed by atoms with van der Waals surface area (Å²) in [4.78, 5) is 11.0. The normalized spacial score (nSPS) is 10.5. The van der Waals surface area contributed by atoms with Crippen molar-refractivity contribution in [2.24, 2.45) is 0 Å². The van der Waals surface area contributed by atoms with E-state index in [0.29, 0.717) is 11.5 Å². The summed E-state index contributed by atoms with van der Waals surface area (Å²) in [6.45, 7) is 5.53. The fourth-order valence-electron chi connectivity index (χ4n) is 0.564. The maximum absolute atomic E-state index is 11.0. The van der Waals surface area contributed by atoms with Crippen molar-refractivity contribution in [3.63, 3.8) is 0 Å². The van der Waals surface area contributed by atoms with Gasteiger partial charge < -0.3 is 4.74 Å². The van der Waals surface area contributed by atoms with Crippen molar-refractivity contribution in [3.05, 3.63) is 0 Å². The van der Waals surface area contributed by atoms with Gasteiger partial charge in [0.05, 0.1) is 11.5 Å². The number of carbonyl (C=O) groups is 1. The zero-order valence-electron chi connectivity index (χ0n) is 7.72.